The largest absolute Gasteiger partial charge is 0.490 e. The number of halogens is 2. The van der Waals surface area contributed by atoms with Gasteiger partial charge in [0, 0.05) is 28.4 Å². The lowest BCUT2D eigenvalue weighted by atomic mass is 9.61. The van der Waals surface area contributed by atoms with Gasteiger partial charge in [-0.3, -0.25) is 0 Å². The van der Waals surface area contributed by atoms with Gasteiger partial charge < -0.3 is 10.1 Å². The van der Waals surface area contributed by atoms with E-state index in [2.05, 4.69) is 42.0 Å². The average Bonchev–Trinajstić information content (AvgIpc) is 2.35. The molecule has 1 N–H and O–H groups in total. The molecule has 0 saturated heterocycles. The Kier molecular flexibility index (Phi) is 4.51. The quantitative estimate of drug-likeness (QED) is 0.876. The third-order valence-corrected chi connectivity index (χ3v) is 4.77. The van der Waals surface area contributed by atoms with E-state index in [0.29, 0.717) is 16.3 Å². The molecule has 0 spiro atoms. The van der Waals surface area contributed by atoms with Crippen molar-refractivity contribution >= 4 is 15.9 Å². The van der Waals surface area contributed by atoms with Gasteiger partial charge in [0.2, 0.25) is 0 Å². The molecule has 0 heterocycles. The van der Waals surface area contributed by atoms with Crippen molar-refractivity contribution in [3.63, 3.8) is 0 Å². The summed E-state index contributed by atoms with van der Waals surface area (Å²) >= 11 is 3.29. The fourth-order valence-corrected chi connectivity index (χ4v) is 3.24. The summed E-state index contributed by atoms with van der Waals surface area (Å²) in [4.78, 5) is 0. The number of rotatable bonds is 5. The van der Waals surface area contributed by atoms with E-state index >= 15 is 0 Å². The highest BCUT2D eigenvalue weighted by molar-refractivity contribution is 9.10. The molecule has 2 rings (SSSR count). The van der Waals surface area contributed by atoms with E-state index in [9.17, 15) is 4.39 Å². The van der Waals surface area contributed by atoms with Gasteiger partial charge in [-0.05, 0) is 25.1 Å². The lowest BCUT2D eigenvalue weighted by molar-refractivity contribution is -0.0698. The fourth-order valence-electron chi connectivity index (χ4n) is 2.80. The Balaban J connectivity index is 2.07. The Hall–Kier alpha value is -0.610. The smallest absolute Gasteiger partial charge is 0.128 e. The number of hydrogen-bond acceptors (Lipinski definition) is 2. The average molecular weight is 330 g/mol. The molecule has 0 aliphatic heterocycles. The van der Waals surface area contributed by atoms with Crippen LogP contribution in [-0.2, 0) is 0 Å². The van der Waals surface area contributed by atoms with Crippen molar-refractivity contribution in [1.29, 1.82) is 0 Å². The third kappa shape index (κ3) is 2.95. The summed E-state index contributed by atoms with van der Waals surface area (Å²) in [5.41, 5.74) is 0.120. The highest BCUT2D eigenvalue weighted by Gasteiger charge is 2.51. The molecule has 0 amide bonds. The highest BCUT2D eigenvalue weighted by atomic mass is 79.9. The zero-order valence-corrected chi connectivity index (χ0v) is 13.3. The minimum Gasteiger partial charge on any atom is -0.490 e. The number of hydrogen-bond donors (Lipinski definition) is 1. The minimum atomic E-state index is -0.273. The van der Waals surface area contributed by atoms with Crippen LogP contribution in [0.2, 0.25) is 0 Å². The molecular weight excluding hydrogens is 309 g/mol. The highest BCUT2D eigenvalue weighted by Crippen LogP contribution is 2.46. The van der Waals surface area contributed by atoms with Crippen molar-refractivity contribution in [1.82, 2.24) is 5.32 Å². The molecule has 0 aromatic heterocycles. The normalized spacial score (nSPS) is 29.9. The van der Waals surface area contributed by atoms with Crippen LogP contribution in [0, 0.1) is 11.2 Å². The van der Waals surface area contributed by atoms with E-state index in [0.717, 1.165) is 19.4 Å². The van der Waals surface area contributed by atoms with Crippen LogP contribution >= 0.6 is 15.9 Å². The van der Waals surface area contributed by atoms with Crippen molar-refractivity contribution in [2.75, 3.05) is 6.54 Å². The molecule has 4 heteroatoms. The first kappa shape index (κ1) is 14.8. The Labute approximate surface area is 122 Å². The Morgan fingerprint density at radius 1 is 1.42 bits per heavy atom. The Bertz CT molecular complexity index is 434. The molecule has 1 fully saturated rings. The van der Waals surface area contributed by atoms with Crippen LogP contribution in [0.25, 0.3) is 0 Å². The summed E-state index contributed by atoms with van der Waals surface area (Å²) in [5.74, 6) is 0.330. The van der Waals surface area contributed by atoms with Crippen molar-refractivity contribution in [3.05, 3.63) is 28.5 Å². The summed E-state index contributed by atoms with van der Waals surface area (Å²) in [6.45, 7) is 7.51. The lowest BCUT2D eigenvalue weighted by Gasteiger charge is -2.53. The first-order valence-electron chi connectivity index (χ1n) is 6.85. The second-order valence-corrected chi connectivity index (χ2v) is 6.33. The predicted molar refractivity (Wildman–Crippen MR) is 79.0 cm³/mol. The molecule has 1 saturated carbocycles. The van der Waals surface area contributed by atoms with E-state index in [1.807, 2.05) is 6.07 Å². The fraction of sp³-hybridized carbons (Fsp3) is 0.600. The van der Waals surface area contributed by atoms with Crippen molar-refractivity contribution in [2.24, 2.45) is 5.41 Å². The van der Waals surface area contributed by atoms with E-state index in [1.165, 1.54) is 12.1 Å². The molecule has 106 valence electrons. The van der Waals surface area contributed by atoms with Crippen LogP contribution < -0.4 is 10.1 Å². The van der Waals surface area contributed by atoms with Crippen LogP contribution in [0.15, 0.2) is 22.7 Å². The lowest BCUT2D eigenvalue weighted by Crippen LogP contribution is -2.63. The SMILES string of the molecule is CCNC1CC(Oc2cc(F)cc(Br)c2)C1(C)CC. The molecule has 1 aromatic rings. The van der Waals surface area contributed by atoms with Crippen LogP contribution in [0.4, 0.5) is 4.39 Å². The van der Waals surface area contributed by atoms with Crippen molar-refractivity contribution in [3.8, 4) is 5.75 Å². The zero-order chi connectivity index (χ0) is 14.0. The van der Waals surface area contributed by atoms with Gasteiger partial charge in [0.25, 0.3) is 0 Å². The molecule has 1 aliphatic rings. The summed E-state index contributed by atoms with van der Waals surface area (Å²) < 4.78 is 20.0. The molecule has 0 radical (unpaired) electrons. The molecule has 3 unspecified atom stereocenters. The Morgan fingerprint density at radius 2 is 2.16 bits per heavy atom. The molecule has 1 aromatic carbocycles. The van der Waals surface area contributed by atoms with Crippen LogP contribution in [0.5, 0.6) is 5.75 Å². The number of ether oxygens (including phenoxy) is 1. The first-order chi connectivity index (χ1) is 8.99. The van der Waals surface area contributed by atoms with Gasteiger partial charge in [0.05, 0.1) is 0 Å². The van der Waals surface area contributed by atoms with Crippen LogP contribution in [-0.4, -0.2) is 18.7 Å². The summed E-state index contributed by atoms with van der Waals surface area (Å²) in [6, 6.07) is 5.19. The van der Waals surface area contributed by atoms with Crippen molar-refractivity contribution < 1.29 is 9.13 Å². The Morgan fingerprint density at radius 3 is 2.74 bits per heavy atom. The topological polar surface area (TPSA) is 21.3 Å². The molecule has 19 heavy (non-hydrogen) atoms. The second-order valence-electron chi connectivity index (χ2n) is 5.42. The van der Waals surface area contributed by atoms with Gasteiger partial charge in [-0.2, -0.15) is 0 Å². The monoisotopic (exact) mass is 329 g/mol. The van der Waals surface area contributed by atoms with Gasteiger partial charge in [-0.25, -0.2) is 4.39 Å². The van der Waals surface area contributed by atoms with Crippen molar-refractivity contribution in [2.45, 2.75) is 45.8 Å². The van der Waals surface area contributed by atoms with Crippen LogP contribution in [0.1, 0.15) is 33.6 Å². The van der Waals surface area contributed by atoms with Gasteiger partial charge in [-0.1, -0.05) is 36.7 Å². The number of nitrogens with one attached hydrogen (secondary N) is 1. The molecular formula is C15H21BrFNO. The molecule has 3 atom stereocenters. The third-order valence-electron chi connectivity index (χ3n) is 4.31. The second kappa shape index (κ2) is 5.80. The summed E-state index contributed by atoms with van der Waals surface area (Å²) in [6.07, 6.45) is 2.17. The standard InChI is InChI=1S/C15H21BrFNO/c1-4-15(3)13(18-5-2)9-14(15)19-12-7-10(16)6-11(17)8-12/h6-8,13-14,18H,4-5,9H2,1-3H3. The van der Waals surface area contributed by atoms with Gasteiger partial charge in [-0.15, -0.1) is 0 Å². The van der Waals surface area contributed by atoms with Gasteiger partial charge in [0.15, 0.2) is 0 Å². The predicted octanol–water partition coefficient (Wildman–Crippen LogP) is 4.13. The maximum absolute atomic E-state index is 13.3. The maximum Gasteiger partial charge on any atom is 0.128 e. The van der Waals surface area contributed by atoms with E-state index < -0.39 is 0 Å². The van der Waals surface area contributed by atoms with E-state index in [4.69, 9.17) is 4.74 Å². The molecule has 1 aliphatic carbocycles. The zero-order valence-electron chi connectivity index (χ0n) is 11.7. The van der Waals surface area contributed by atoms with Gasteiger partial charge >= 0.3 is 0 Å². The maximum atomic E-state index is 13.3. The first-order valence-corrected chi connectivity index (χ1v) is 7.65. The summed E-state index contributed by atoms with van der Waals surface area (Å²) in [7, 11) is 0. The van der Waals surface area contributed by atoms with Gasteiger partial charge in [0.1, 0.15) is 17.7 Å². The number of benzene rings is 1. The van der Waals surface area contributed by atoms with E-state index in [1.54, 1.807) is 0 Å². The summed E-state index contributed by atoms with van der Waals surface area (Å²) in [5, 5.41) is 3.50. The van der Waals surface area contributed by atoms with Crippen LogP contribution in [0.3, 0.4) is 0 Å². The molecule has 0 bridgehead atoms. The minimum absolute atomic E-state index is 0.120. The molecule has 2 nitrogen and oxygen atoms in total. The van der Waals surface area contributed by atoms with E-state index in [-0.39, 0.29) is 17.3 Å².